The Balaban J connectivity index is 1.83. The summed E-state index contributed by atoms with van der Waals surface area (Å²) in [6, 6.07) is 6.01. The first-order valence-electron chi connectivity index (χ1n) is 6.07. The van der Waals surface area contributed by atoms with Crippen molar-refractivity contribution < 1.29 is 0 Å². The lowest BCUT2D eigenvalue weighted by Gasteiger charge is -2.06. The Morgan fingerprint density at radius 3 is 3.12 bits per heavy atom. The van der Waals surface area contributed by atoms with Crippen LogP contribution in [0.4, 0.5) is 0 Å². The molecule has 0 bridgehead atoms. The van der Waals surface area contributed by atoms with Crippen LogP contribution in [0, 0.1) is 0 Å². The summed E-state index contributed by atoms with van der Waals surface area (Å²) in [5.74, 6) is 0. The van der Waals surface area contributed by atoms with Crippen LogP contribution in [0.3, 0.4) is 0 Å². The lowest BCUT2D eigenvalue weighted by Crippen LogP contribution is -2.17. The number of aromatic nitrogens is 2. The van der Waals surface area contributed by atoms with E-state index >= 15 is 0 Å². The van der Waals surface area contributed by atoms with Gasteiger partial charge < -0.3 is 9.72 Å². The molecule has 2 heterocycles. The van der Waals surface area contributed by atoms with E-state index in [0.717, 1.165) is 37.3 Å². The third-order valence-corrected chi connectivity index (χ3v) is 3.32. The zero-order valence-corrected chi connectivity index (χ0v) is 10.8. The molecule has 0 aromatic carbocycles. The largest absolute Gasteiger partial charge is 0.311 e. The summed E-state index contributed by atoms with van der Waals surface area (Å²) in [4.78, 5) is 4.52. The van der Waals surface area contributed by atoms with E-state index in [9.17, 15) is 0 Å². The van der Waals surface area contributed by atoms with Gasteiger partial charge in [0.15, 0.2) is 0 Å². The third kappa shape index (κ3) is 3.45. The molecule has 2 rings (SSSR count). The molecular weight excluding hydrogens is 234 g/mol. The van der Waals surface area contributed by atoms with Crippen LogP contribution < -0.4 is 5.32 Å². The minimum Gasteiger partial charge on any atom is -0.311 e. The molecule has 1 unspecified atom stereocenters. The van der Waals surface area contributed by atoms with E-state index in [1.54, 1.807) is 0 Å². The number of alkyl halides is 1. The van der Waals surface area contributed by atoms with Crippen molar-refractivity contribution in [3.63, 3.8) is 0 Å². The number of nitrogens with zero attached hydrogens (tertiary/aromatic N) is 2. The number of imidazole rings is 1. The van der Waals surface area contributed by atoms with Gasteiger partial charge in [0.2, 0.25) is 0 Å². The molecule has 1 atom stereocenters. The molecule has 0 aliphatic carbocycles. The van der Waals surface area contributed by atoms with E-state index in [-0.39, 0.29) is 5.38 Å². The summed E-state index contributed by atoms with van der Waals surface area (Å²) < 4.78 is 2.04. The van der Waals surface area contributed by atoms with Crippen molar-refractivity contribution >= 4 is 17.2 Å². The van der Waals surface area contributed by atoms with Crippen molar-refractivity contribution in [1.29, 1.82) is 0 Å². The average Bonchev–Trinajstić information content (AvgIpc) is 2.76. The van der Waals surface area contributed by atoms with Gasteiger partial charge in [0, 0.05) is 24.3 Å². The van der Waals surface area contributed by atoms with Crippen LogP contribution in [-0.4, -0.2) is 21.3 Å². The maximum atomic E-state index is 6.05. The van der Waals surface area contributed by atoms with Crippen molar-refractivity contribution in [3.8, 4) is 0 Å². The van der Waals surface area contributed by atoms with Crippen molar-refractivity contribution in [3.05, 3.63) is 36.3 Å². The van der Waals surface area contributed by atoms with Crippen LogP contribution in [0.2, 0.25) is 0 Å². The van der Waals surface area contributed by atoms with E-state index < -0.39 is 0 Å². The minimum atomic E-state index is 0.281. The van der Waals surface area contributed by atoms with E-state index in [1.807, 2.05) is 28.8 Å². The zero-order valence-electron chi connectivity index (χ0n) is 10.1. The third-order valence-electron chi connectivity index (χ3n) is 2.80. The Kier molecular flexibility index (Phi) is 4.40. The van der Waals surface area contributed by atoms with Gasteiger partial charge in [-0.3, -0.25) is 0 Å². The Morgan fingerprint density at radius 2 is 2.35 bits per heavy atom. The molecule has 4 heteroatoms. The van der Waals surface area contributed by atoms with Crippen molar-refractivity contribution in [2.75, 3.05) is 6.54 Å². The number of hydrogen-bond donors (Lipinski definition) is 1. The minimum absolute atomic E-state index is 0.281. The van der Waals surface area contributed by atoms with Crippen molar-refractivity contribution in [2.24, 2.45) is 0 Å². The van der Waals surface area contributed by atoms with Gasteiger partial charge in [-0.25, -0.2) is 4.98 Å². The van der Waals surface area contributed by atoms with Crippen LogP contribution in [-0.2, 0) is 6.54 Å². The van der Waals surface area contributed by atoms with Crippen molar-refractivity contribution in [1.82, 2.24) is 14.7 Å². The molecule has 2 aromatic heterocycles. The van der Waals surface area contributed by atoms with Gasteiger partial charge in [-0.2, -0.15) is 0 Å². The van der Waals surface area contributed by atoms with E-state index in [4.69, 9.17) is 11.6 Å². The molecule has 0 aliphatic rings. The first kappa shape index (κ1) is 12.4. The van der Waals surface area contributed by atoms with E-state index in [0.29, 0.717) is 0 Å². The van der Waals surface area contributed by atoms with E-state index in [2.05, 4.69) is 23.4 Å². The number of nitrogens with one attached hydrogen (secondary N) is 1. The quantitative estimate of drug-likeness (QED) is 0.632. The topological polar surface area (TPSA) is 29.3 Å². The summed E-state index contributed by atoms with van der Waals surface area (Å²) in [5, 5.41) is 3.65. The second kappa shape index (κ2) is 6.03. The number of rotatable bonds is 6. The molecule has 0 spiro atoms. The Hall–Kier alpha value is -1.06. The van der Waals surface area contributed by atoms with Crippen LogP contribution in [0.15, 0.2) is 30.6 Å². The molecule has 17 heavy (non-hydrogen) atoms. The van der Waals surface area contributed by atoms with Crippen LogP contribution >= 0.6 is 11.6 Å². The van der Waals surface area contributed by atoms with Gasteiger partial charge in [-0.15, -0.1) is 11.6 Å². The highest BCUT2D eigenvalue weighted by Gasteiger charge is 2.02. The summed E-state index contributed by atoms with van der Waals surface area (Å²) >= 11 is 6.05. The fourth-order valence-corrected chi connectivity index (χ4v) is 1.86. The summed E-state index contributed by atoms with van der Waals surface area (Å²) in [5.41, 5.74) is 2.06. The van der Waals surface area contributed by atoms with Crippen LogP contribution in [0.5, 0.6) is 0 Å². The molecule has 3 nitrogen and oxygen atoms in total. The Labute approximate surface area is 107 Å². The van der Waals surface area contributed by atoms with Crippen LogP contribution in [0.1, 0.15) is 25.5 Å². The maximum absolute atomic E-state index is 6.05. The number of fused-ring (bicyclic) bond motifs is 1. The van der Waals surface area contributed by atoms with Gasteiger partial charge in [0.25, 0.3) is 0 Å². The molecule has 0 radical (unpaired) electrons. The standard InChI is InChI=1S/C13H18ClN3/c1-2-11(14)6-7-15-9-12-10-17-8-4-3-5-13(17)16-12/h3-5,8,10-11,15H,2,6-7,9H2,1H3. The summed E-state index contributed by atoms with van der Waals surface area (Å²) in [7, 11) is 0. The number of halogens is 1. The molecule has 0 aliphatic heterocycles. The average molecular weight is 252 g/mol. The molecular formula is C13H18ClN3. The molecule has 0 saturated heterocycles. The highest BCUT2D eigenvalue weighted by atomic mass is 35.5. The molecule has 92 valence electrons. The van der Waals surface area contributed by atoms with Crippen LogP contribution in [0.25, 0.3) is 5.65 Å². The van der Waals surface area contributed by atoms with Gasteiger partial charge in [-0.1, -0.05) is 13.0 Å². The van der Waals surface area contributed by atoms with Crippen molar-refractivity contribution in [2.45, 2.75) is 31.7 Å². The highest BCUT2D eigenvalue weighted by molar-refractivity contribution is 6.20. The van der Waals surface area contributed by atoms with Gasteiger partial charge in [-0.05, 0) is 31.5 Å². The normalized spacial score (nSPS) is 13.1. The molecule has 1 N–H and O–H groups in total. The number of hydrogen-bond acceptors (Lipinski definition) is 2. The Morgan fingerprint density at radius 1 is 1.47 bits per heavy atom. The monoisotopic (exact) mass is 251 g/mol. The molecule has 0 fully saturated rings. The molecule has 0 saturated carbocycles. The second-order valence-electron chi connectivity index (χ2n) is 4.17. The number of pyridine rings is 1. The maximum Gasteiger partial charge on any atom is 0.137 e. The zero-order chi connectivity index (χ0) is 12.1. The smallest absolute Gasteiger partial charge is 0.137 e. The summed E-state index contributed by atoms with van der Waals surface area (Å²) in [6.07, 6.45) is 6.10. The predicted molar refractivity (Wildman–Crippen MR) is 71.4 cm³/mol. The lowest BCUT2D eigenvalue weighted by atomic mass is 10.2. The predicted octanol–water partition coefficient (Wildman–Crippen LogP) is 2.83. The fraction of sp³-hybridized carbons (Fsp3) is 0.462. The first-order chi connectivity index (χ1) is 8.29. The van der Waals surface area contributed by atoms with Gasteiger partial charge >= 0.3 is 0 Å². The van der Waals surface area contributed by atoms with E-state index in [1.165, 1.54) is 0 Å². The summed E-state index contributed by atoms with van der Waals surface area (Å²) in [6.45, 7) is 3.85. The van der Waals surface area contributed by atoms with Gasteiger partial charge in [0.1, 0.15) is 5.65 Å². The first-order valence-corrected chi connectivity index (χ1v) is 6.50. The second-order valence-corrected chi connectivity index (χ2v) is 4.79. The highest BCUT2D eigenvalue weighted by Crippen LogP contribution is 2.06. The Bertz CT molecular complexity index is 433. The molecule has 0 amide bonds. The fourth-order valence-electron chi connectivity index (χ4n) is 1.75. The molecule has 2 aromatic rings. The SMILES string of the molecule is CCC(Cl)CCNCc1cn2ccccc2n1. The van der Waals surface area contributed by atoms with Gasteiger partial charge in [0.05, 0.1) is 5.69 Å². The lowest BCUT2D eigenvalue weighted by molar-refractivity contribution is 0.617.